The summed E-state index contributed by atoms with van der Waals surface area (Å²) in [5, 5.41) is 3.47. The van der Waals surface area contributed by atoms with Gasteiger partial charge >= 0.3 is 0 Å². The van der Waals surface area contributed by atoms with Gasteiger partial charge in [0.15, 0.2) is 6.33 Å². The van der Waals surface area contributed by atoms with Crippen LogP contribution in [0.1, 0.15) is 18.7 Å². The minimum atomic E-state index is -0.106. The number of ketones is 1. The summed E-state index contributed by atoms with van der Waals surface area (Å²) in [4.78, 5) is 27.9. The van der Waals surface area contributed by atoms with E-state index in [0.717, 1.165) is 0 Å². The highest BCUT2D eigenvalue weighted by atomic mass is 16.5. The first-order valence-electron chi connectivity index (χ1n) is 4.81. The summed E-state index contributed by atoms with van der Waals surface area (Å²) in [6.45, 7) is 1.04. The number of Topliss-reactive ketones (excluding diaryl/α,β-unsaturated/α-hetero) is 1. The van der Waals surface area contributed by atoms with Gasteiger partial charge in [-0.05, 0) is 0 Å². The molecule has 0 atom stereocenters. The molecule has 6 heteroatoms. The first-order valence-corrected chi connectivity index (χ1v) is 4.81. The van der Waals surface area contributed by atoms with Crippen LogP contribution in [0.5, 0.6) is 0 Å². The van der Waals surface area contributed by atoms with Crippen molar-refractivity contribution in [3.8, 4) is 0 Å². The second-order valence-electron chi connectivity index (χ2n) is 3.43. The van der Waals surface area contributed by atoms with Crippen molar-refractivity contribution in [1.82, 2.24) is 15.0 Å². The third kappa shape index (κ3) is 2.39. The van der Waals surface area contributed by atoms with E-state index in [1.54, 1.807) is 4.90 Å². The van der Waals surface area contributed by atoms with Crippen molar-refractivity contribution in [2.45, 2.75) is 19.3 Å². The second-order valence-corrected chi connectivity index (χ2v) is 3.43. The highest BCUT2D eigenvalue weighted by molar-refractivity contribution is 6.00. The molecule has 1 fully saturated rings. The first kappa shape index (κ1) is 9.82. The molecule has 0 spiro atoms. The van der Waals surface area contributed by atoms with Crippen molar-refractivity contribution in [1.29, 1.82) is 0 Å². The number of rotatable bonds is 3. The van der Waals surface area contributed by atoms with Gasteiger partial charge in [0.2, 0.25) is 11.8 Å². The maximum absolute atomic E-state index is 11.4. The molecule has 80 valence electrons. The molecule has 1 saturated heterocycles. The fraction of sp³-hybridized carbons (Fsp3) is 0.556. The van der Waals surface area contributed by atoms with Crippen LogP contribution in [-0.4, -0.2) is 39.8 Å². The summed E-state index contributed by atoms with van der Waals surface area (Å²) in [6.07, 6.45) is 2.36. The standard InChI is InChI=1S/C9H11N3O3/c13-7-1-3-12(9(14)5-7)4-2-8-10-6-11-15-8/h6H,1-5H2. The van der Waals surface area contributed by atoms with E-state index in [9.17, 15) is 9.59 Å². The number of carbonyl (C=O) groups is 2. The Hall–Kier alpha value is -1.72. The minimum absolute atomic E-state index is 0.0223. The van der Waals surface area contributed by atoms with Gasteiger partial charge in [-0.3, -0.25) is 9.59 Å². The van der Waals surface area contributed by atoms with E-state index in [2.05, 4.69) is 10.1 Å². The van der Waals surface area contributed by atoms with Crippen LogP contribution in [0.4, 0.5) is 0 Å². The van der Waals surface area contributed by atoms with Gasteiger partial charge < -0.3 is 9.42 Å². The lowest BCUT2D eigenvalue weighted by Crippen LogP contribution is -2.40. The van der Waals surface area contributed by atoms with Crippen LogP contribution in [0.15, 0.2) is 10.9 Å². The molecule has 2 heterocycles. The maximum atomic E-state index is 11.4. The monoisotopic (exact) mass is 209 g/mol. The van der Waals surface area contributed by atoms with Gasteiger partial charge in [0.25, 0.3) is 0 Å². The van der Waals surface area contributed by atoms with E-state index >= 15 is 0 Å². The third-order valence-electron chi connectivity index (χ3n) is 2.36. The number of hydrogen-bond donors (Lipinski definition) is 0. The lowest BCUT2D eigenvalue weighted by atomic mass is 10.1. The molecule has 1 amide bonds. The average Bonchev–Trinajstić information content (AvgIpc) is 2.69. The summed E-state index contributed by atoms with van der Waals surface area (Å²) in [5.41, 5.74) is 0. The first-order chi connectivity index (χ1) is 7.25. The Morgan fingerprint density at radius 3 is 3.00 bits per heavy atom. The van der Waals surface area contributed by atoms with Gasteiger partial charge in [-0.1, -0.05) is 5.16 Å². The van der Waals surface area contributed by atoms with Crippen LogP contribution in [0.25, 0.3) is 0 Å². The summed E-state index contributed by atoms with van der Waals surface area (Å²) in [7, 11) is 0. The Morgan fingerprint density at radius 1 is 1.47 bits per heavy atom. The van der Waals surface area contributed by atoms with E-state index in [-0.39, 0.29) is 18.1 Å². The summed E-state index contributed by atoms with van der Waals surface area (Å²) >= 11 is 0. The molecule has 6 nitrogen and oxygen atoms in total. The van der Waals surface area contributed by atoms with Crippen LogP contribution >= 0.6 is 0 Å². The molecule has 0 bridgehead atoms. The van der Waals surface area contributed by atoms with Crippen LogP contribution in [-0.2, 0) is 16.0 Å². The Labute approximate surface area is 86.2 Å². The molecule has 1 aliphatic rings. The summed E-state index contributed by atoms with van der Waals surface area (Å²) < 4.78 is 4.81. The van der Waals surface area contributed by atoms with E-state index in [0.29, 0.717) is 31.8 Å². The van der Waals surface area contributed by atoms with Crippen LogP contribution in [0, 0.1) is 0 Å². The zero-order chi connectivity index (χ0) is 10.7. The smallest absolute Gasteiger partial charge is 0.230 e. The maximum Gasteiger partial charge on any atom is 0.230 e. The molecule has 0 radical (unpaired) electrons. The van der Waals surface area contributed by atoms with Gasteiger partial charge in [-0.15, -0.1) is 0 Å². The van der Waals surface area contributed by atoms with Crippen molar-refractivity contribution in [3.63, 3.8) is 0 Å². The normalized spacial score (nSPS) is 17.2. The largest absolute Gasteiger partial charge is 0.341 e. The fourth-order valence-corrected chi connectivity index (χ4v) is 1.53. The molecule has 1 aliphatic heterocycles. The Balaban J connectivity index is 1.85. The number of hydrogen-bond acceptors (Lipinski definition) is 5. The molecule has 15 heavy (non-hydrogen) atoms. The van der Waals surface area contributed by atoms with E-state index in [1.165, 1.54) is 6.33 Å². The van der Waals surface area contributed by atoms with Gasteiger partial charge in [0.1, 0.15) is 5.78 Å². The van der Waals surface area contributed by atoms with Crippen molar-refractivity contribution < 1.29 is 14.1 Å². The highest BCUT2D eigenvalue weighted by Crippen LogP contribution is 2.08. The Kier molecular flexibility index (Phi) is 2.75. The predicted molar refractivity (Wildman–Crippen MR) is 48.8 cm³/mol. The Bertz CT molecular complexity index is 361. The topological polar surface area (TPSA) is 76.3 Å². The van der Waals surface area contributed by atoms with Gasteiger partial charge in [0.05, 0.1) is 6.42 Å². The average molecular weight is 209 g/mol. The molecule has 1 aromatic heterocycles. The quantitative estimate of drug-likeness (QED) is 0.644. The number of likely N-dealkylation sites (tertiary alicyclic amines) is 1. The Morgan fingerprint density at radius 2 is 2.33 bits per heavy atom. The second kappa shape index (κ2) is 4.20. The molecule has 1 aromatic rings. The molecule has 0 unspecified atom stereocenters. The molecular weight excluding hydrogens is 198 g/mol. The summed E-state index contributed by atoms with van der Waals surface area (Å²) in [5.74, 6) is 0.430. The summed E-state index contributed by atoms with van der Waals surface area (Å²) in [6, 6.07) is 0. The molecular formula is C9H11N3O3. The minimum Gasteiger partial charge on any atom is -0.341 e. The molecule has 2 rings (SSSR count). The zero-order valence-electron chi connectivity index (χ0n) is 8.18. The van der Waals surface area contributed by atoms with Crippen molar-refractivity contribution in [2.24, 2.45) is 0 Å². The molecule has 0 N–H and O–H groups in total. The molecule has 0 aromatic carbocycles. The van der Waals surface area contributed by atoms with E-state index < -0.39 is 0 Å². The van der Waals surface area contributed by atoms with Crippen LogP contribution < -0.4 is 0 Å². The van der Waals surface area contributed by atoms with Crippen molar-refractivity contribution in [2.75, 3.05) is 13.1 Å². The van der Waals surface area contributed by atoms with E-state index in [4.69, 9.17) is 4.52 Å². The number of piperidine rings is 1. The fourth-order valence-electron chi connectivity index (χ4n) is 1.53. The lowest BCUT2D eigenvalue weighted by Gasteiger charge is -2.25. The van der Waals surface area contributed by atoms with Gasteiger partial charge in [0, 0.05) is 25.9 Å². The van der Waals surface area contributed by atoms with Crippen LogP contribution in [0.2, 0.25) is 0 Å². The third-order valence-corrected chi connectivity index (χ3v) is 2.36. The highest BCUT2D eigenvalue weighted by Gasteiger charge is 2.23. The molecule has 0 aliphatic carbocycles. The number of amides is 1. The van der Waals surface area contributed by atoms with Crippen molar-refractivity contribution in [3.05, 3.63) is 12.2 Å². The number of nitrogens with zero attached hydrogens (tertiary/aromatic N) is 3. The van der Waals surface area contributed by atoms with E-state index in [1.807, 2.05) is 0 Å². The van der Waals surface area contributed by atoms with Crippen LogP contribution in [0.3, 0.4) is 0 Å². The van der Waals surface area contributed by atoms with Gasteiger partial charge in [-0.25, -0.2) is 0 Å². The van der Waals surface area contributed by atoms with Crippen molar-refractivity contribution >= 4 is 11.7 Å². The number of carbonyl (C=O) groups excluding carboxylic acids is 2. The predicted octanol–water partition coefficient (Wildman–Crippen LogP) is -0.196. The zero-order valence-corrected chi connectivity index (χ0v) is 8.18. The SMILES string of the molecule is O=C1CCN(CCc2ncno2)C(=O)C1. The molecule has 0 saturated carbocycles. The number of aromatic nitrogens is 2. The lowest BCUT2D eigenvalue weighted by molar-refractivity contribution is -0.139. The van der Waals surface area contributed by atoms with Gasteiger partial charge in [-0.2, -0.15) is 4.98 Å².